The van der Waals surface area contributed by atoms with Crippen LogP contribution in [-0.4, -0.2) is 39.8 Å². The number of aromatic nitrogens is 3. The van der Waals surface area contributed by atoms with Crippen molar-refractivity contribution in [2.75, 3.05) is 13.7 Å². The van der Waals surface area contributed by atoms with Gasteiger partial charge in [0, 0.05) is 5.56 Å². The molecule has 0 aliphatic rings. The van der Waals surface area contributed by atoms with Gasteiger partial charge in [-0.25, -0.2) is 9.48 Å². The summed E-state index contributed by atoms with van der Waals surface area (Å²) in [5.74, 6) is -0.374. The lowest BCUT2D eigenvalue weighted by Gasteiger charge is -2.20. The smallest absolute Gasteiger partial charge is 0.337 e. The normalized spacial score (nSPS) is 11.4. The highest BCUT2D eigenvalue weighted by Gasteiger charge is 2.21. The van der Waals surface area contributed by atoms with Crippen LogP contribution in [0.25, 0.3) is 11.3 Å². The summed E-state index contributed by atoms with van der Waals surface area (Å²) in [7, 11) is 1.35. The van der Waals surface area contributed by atoms with Crippen molar-refractivity contribution in [3.8, 4) is 11.3 Å². The Morgan fingerprint density at radius 3 is 2.55 bits per heavy atom. The minimum absolute atomic E-state index is 0.0307. The predicted molar refractivity (Wildman–Crippen MR) is 73.2 cm³/mol. The van der Waals surface area contributed by atoms with Gasteiger partial charge >= 0.3 is 5.97 Å². The maximum atomic E-state index is 11.4. The highest BCUT2D eigenvalue weighted by atomic mass is 16.5. The number of nitrogens with zero attached hydrogens (tertiary/aromatic N) is 3. The summed E-state index contributed by atoms with van der Waals surface area (Å²) < 4.78 is 6.27. The molecular formula is C14H17N3O3. The molecule has 0 aliphatic carbocycles. The minimum atomic E-state index is -0.503. The Morgan fingerprint density at radius 2 is 2.00 bits per heavy atom. The molecule has 6 heteroatoms. The highest BCUT2D eigenvalue weighted by Crippen LogP contribution is 2.20. The van der Waals surface area contributed by atoms with Crippen LogP contribution in [0.15, 0.2) is 30.5 Å². The zero-order valence-electron chi connectivity index (χ0n) is 11.7. The van der Waals surface area contributed by atoms with Crippen molar-refractivity contribution >= 4 is 5.97 Å². The number of aliphatic hydroxyl groups is 1. The number of hydrogen-bond acceptors (Lipinski definition) is 5. The average molecular weight is 275 g/mol. The van der Waals surface area contributed by atoms with Gasteiger partial charge in [0.25, 0.3) is 0 Å². The quantitative estimate of drug-likeness (QED) is 0.855. The maximum absolute atomic E-state index is 11.4. The first-order valence-corrected chi connectivity index (χ1v) is 6.20. The van der Waals surface area contributed by atoms with Gasteiger partial charge < -0.3 is 9.84 Å². The topological polar surface area (TPSA) is 77.2 Å². The van der Waals surface area contributed by atoms with E-state index in [1.54, 1.807) is 35.1 Å². The second kappa shape index (κ2) is 5.42. The van der Waals surface area contributed by atoms with Crippen molar-refractivity contribution in [2.24, 2.45) is 0 Å². The first-order valence-electron chi connectivity index (χ1n) is 6.20. The molecule has 20 heavy (non-hydrogen) atoms. The van der Waals surface area contributed by atoms with E-state index in [2.05, 4.69) is 15.0 Å². The van der Waals surface area contributed by atoms with E-state index < -0.39 is 5.54 Å². The van der Waals surface area contributed by atoms with Gasteiger partial charge in [-0.15, -0.1) is 5.10 Å². The molecule has 0 saturated heterocycles. The van der Waals surface area contributed by atoms with Crippen molar-refractivity contribution in [3.63, 3.8) is 0 Å². The largest absolute Gasteiger partial charge is 0.465 e. The van der Waals surface area contributed by atoms with Gasteiger partial charge in [-0.3, -0.25) is 0 Å². The summed E-state index contributed by atoms with van der Waals surface area (Å²) >= 11 is 0. The molecule has 0 amide bonds. The number of hydrogen-bond donors (Lipinski definition) is 1. The van der Waals surface area contributed by atoms with E-state index in [1.165, 1.54) is 7.11 Å². The van der Waals surface area contributed by atoms with Crippen LogP contribution in [0, 0.1) is 0 Å². The van der Waals surface area contributed by atoms with Gasteiger partial charge in [-0.2, -0.15) is 0 Å². The van der Waals surface area contributed by atoms with Gasteiger partial charge in [-0.1, -0.05) is 17.3 Å². The van der Waals surface area contributed by atoms with Crippen LogP contribution >= 0.6 is 0 Å². The zero-order valence-corrected chi connectivity index (χ0v) is 11.7. The Hall–Kier alpha value is -2.21. The van der Waals surface area contributed by atoms with Gasteiger partial charge in [0.05, 0.1) is 31.0 Å². The molecule has 1 aromatic heterocycles. The summed E-state index contributed by atoms with van der Waals surface area (Å²) in [5, 5.41) is 17.4. The summed E-state index contributed by atoms with van der Waals surface area (Å²) in [5.41, 5.74) is 1.51. The van der Waals surface area contributed by atoms with Crippen LogP contribution in [-0.2, 0) is 10.3 Å². The van der Waals surface area contributed by atoms with Crippen molar-refractivity contribution in [1.82, 2.24) is 15.0 Å². The number of rotatable bonds is 4. The lowest BCUT2D eigenvalue weighted by molar-refractivity contribution is 0.0601. The molecule has 0 unspecified atom stereocenters. The van der Waals surface area contributed by atoms with Crippen molar-refractivity contribution < 1.29 is 14.6 Å². The number of carbonyl (C=O) groups excluding carboxylic acids is 1. The first kappa shape index (κ1) is 14.2. The van der Waals surface area contributed by atoms with Crippen LogP contribution < -0.4 is 0 Å². The van der Waals surface area contributed by atoms with Crippen LogP contribution in [0.4, 0.5) is 0 Å². The fourth-order valence-corrected chi connectivity index (χ4v) is 1.66. The van der Waals surface area contributed by atoms with E-state index >= 15 is 0 Å². The van der Waals surface area contributed by atoms with Gasteiger partial charge in [0.15, 0.2) is 0 Å². The standard InChI is InChI=1S/C14H17N3O3/c1-14(2,9-18)17-8-12(15-16-17)10-4-6-11(7-5-10)13(19)20-3/h4-8,18H,9H2,1-3H3. The Morgan fingerprint density at radius 1 is 1.35 bits per heavy atom. The number of esters is 1. The second-order valence-corrected chi connectivity index (χ2v) is 5.09. The molecule has 1 heterocycles. The van der Waals surface area contributed by atoms with Crippen LogP contribution in [0.3, 0.4) is 0 Å². The molecule has 0 fully saturated rings. The molecule has 106 valence electrons. The monoisotopic (exact) mass is 275 g/mol. The van der Waals surface area contributed by atoms with Gasteiger partial charge in [0.1, 0.15) is 5.69 Å². The number of benzene rings is 1. The summed E-state index contributed by atoms with van der Waals surface area (Å²) in [6.45, 7) is 3.70. The summed E-state index contributed by atoms with van der Waals surface area (Å²) in [4.78, 5) is 11.4. The van der Waals surface area contributed by atoms with Gasteiger partial charge in [0.2, 0.25) is 0 Å². The molecular weight excluding hydrogens is 258 g/mol. The van der Waals surface area contributed by atoms with E-state index in [0.717, 1.165) is 5.56 Å². The highest BCUT2D eigenvalue weighted by molar-refractivity contribution is 5.89. The van der Waals surface area contributed by atoms with E-state index in [1.807, 2.05) is 13.8 Å². The lowest BCUT2D eigenvalue weighted by Crippen LogP contribution is -2.30. The molecule has 0 spiro atoms. The predicted octanol–water partition coefficient (Wildman–Crippen LogP) is 1.46. The molecule has 0 radical (unpaired) electrons. The summed E-state index contributed by atoms with van der Waals surface area (Å²) in [6, 6.07) is 6.92. The van der Waals surface area contributed by atoms with Crippen LogP contribution in [0.2, 0.25) is 0 Å². The maximum Gasteiger partial charge on any atom is 0.337 e. The Labute approximate surface area is 117 Å². The van der Waals surface area contributed by atoms with E-state index in [4.69, 9.17) is 0 Å². The average Bonchev–Trinajstić information content (AvgIpc) is 2.97. The molecule has 1 aromatic carbocycles. The molecule has 0 aliphatic heterocycles. The number of methoxy groups -OCH3 is 1. The lowest BCUT2D eigenvalue weighted by atomic mass is 10.1. The Bertz CT molecular complexity index is 602. The first-order chi connectivity index (χ1) is 9.47. The fourth-order valence-electron chi connectivity index (χ4n) is 1.66. The molecule has 2 rings (SSSR count). The molecule has 0 atom stereocenters. The van der Waals surface area contributed by atoms with Crippen molar-refractivity contribution in [1.29, 1.82) is 0 Å². The second-order valence-electron chi connectivity index (χ2n) is 5.09. The zero-order chi connectivity index (χ0) is 14.8. The molecule has 1 N–H and O–H groups in total. The molecule has 2 aromatic rings. The fraction of sp³-hybridized carbons (Fsp3) is 0.357. The van der Waals surface area contributed by atoms with E-state index in [0.29, 0.717) is 11.3 Å². The van der Waals surface area contributed by atoms with Gasteiger partial charge in [-0.05, 0) is 26.0 Å². The third kappa shape index (κ3) is 2.70. The Balaban J connectivity index is 2.27. The number of ether oxygens (including phenoxy) is 1. The summed E-state index contributed by atoms with van der Waals surface area (Å²) in [6.07, 6.45) is 1.77. The minimum Gasteiger partial charge on any atom is -0.465 e. The third-order valence-electron chi connectivity index (χ3n) is 3.10. The molecule has 6 nitrogen and oxygen atoms in total. The number of carbonyl (C=O) groups is 1. The van der Waals surface area contributed by atoms with Crippen LogP contribution in [0.5, 0.6) is 0 Å². The van der Waals surface area contributed by atoms with Crippen LogP contribution in [0.1, 0.15) is 24.2 Å². The van der Waals surface area contributed by atoms with E-state index in [9.17, 15) is 9.90 Å². The SMILES string of the molecule is COC(=O)c1ccc(-c2cn(C(C)(C)CO)nn2)cc1. The molecule has 0 saturated carbocycles. The Kier molecular flexibility index (Phi) is 3.85. The third-order valence-corrected chi connectivity index (χ3v) is 3.10. The van der Waals surface area contributed by atoms with Crippen molar-refractivity contribution in [2.45, 2.75) is 19.4 Å². The number of aliphatic hydroxyl groups excluding tert-OH is 1. The molecule has 0 bridgehead atoms. The van der Waals surface area contributed by atoms with Crippen molar-refractivity contribution in [3.05, 3.63) is 36.0 Å². The van der Waals surface area contributed by atoms with E-state index in [-0.39, 0.29) is 12.6 Å².